The van der Waals surface area contributed by atoms with E-state index in [9.17, 15) is 10.1 Å². The zero-order valence-electron chi connectivity index (χ0n) is 7.78. The molecule has 0 radical (unpaired) electrons. The first-order valence-corrected chi connectivity index (χ1v) is 4.94. The number of fused-ring (bicyclic) bond motifs is 1. The summed E-state index contributed by atoms with van der Waals surface area (Å²) in [6.07, 6.45) is 1.46. The number of rotatable bonds is 1. The van der Waals surface area contributed by atoms with Crippen LogP contribution in [0.15, 0.2) is 18.3 Å². The van der Waals surface area contributed by atoms with Gasteiger partial charge in [-0.15, -0.1) is 0 Å². The quantitative estimate of drug-likeness (QED) is 0.629. The lowest BCUT2D eigenvalue weighted by Gasteiger charge is -2.04. The normalized spacial score (nSPS) is 10.6. The van der Waals surface area contributed by atoms with Gasteiger partial charge in [0.05, 0.1) is 15.5 Å². The van der Waals surface area contributed by atoms with E-state index in [0.717, 1.165) is 0 Å². The Labute approximate surface area is 99.9 Å². The van der Waals surface area contributed by atoms with Crippen molar-refractivity contribution in [2.24, 2.45) is 0 Å². The van der Waals surface area contributed by atoms with Gasteiger partial charge in [0, 0.05) is 23.3 Å². The fourth-order valence-electron chi connectivity index (χ4n) is 1.36. The summed E-state index contributed by atoms with van der Waals surface area (Å²) in [6, 6.07) is 2.81. The number of nitrogen functional groups attached to an aromatic ring is 1. The van der Waals surface area contributed by atoms with Crippen molar-refractivity contribution < 1.29 is 4.92 Å². The molecule has 0 atom stereocenters. The van der Waals surface area contributed by atoms with Gasteiger partial charge in [-0.25, -0.2) is 0 Å². The second kappa shape index (κ2) is 3.77. The Morgan fingerprint density at radius 3 is 2.69 bits per heavy atom. The van der Waals surface area contributed by atoms with Crippen molar-refractivity contribution in [2.45, 2.75) is 0 Å². The molecule has 0 aliphatic rings. The number of anilines is 1. The van der Waals surface area contributed by atoms with Crippen LogP contribution in [0.3, 0.4) is 0 Å². The molecule has 0 aliphatic carbocycles. The van der Waals surface area contributed by atoms with Crippen LogP contribution in [-0.4, -0.2) is 9.91 Å². The van der Waals surface area contributed by atoms with Crippen molar-refractivity contribution in [2.75, 3.05) is 5.73 Å². The number of halogens is 2. The number of nitro groups is 1. The van der Waals surface area contributed by atoms with Crippen LogP contribution in [0.1, 0.15) is 0 Å². The third kappa shape index (κ3) is 1.54. The van der Waals surface area contributed by atoms with Gasteiger partial charge in [-0.05, 0) is 6.07 Å². The molecule has 5 nitrogen and oxygen atoms in total. The van der Waals surface area contributed by atoms with E-state index >= 15 is 0 Å². The molecular formula is C9H5Cl2N3O2. The molecule has 82 valence electrons. The van der Waals surface area contributed by atoms with E-state index in [1.807, 2.05) is 0 Å². The molecule has 0 amide bonds. The van der Waals surface area contributed by atoms with Crippen molar-refractivity contribution in [1.29, 1.82) is 0 Å². The van der Waals surface area contributed by atoms with Crippen LogP contribution in [0, 0.1) is 10.1 Å². The summed E-state index contributed by atoms with van der Waals surface area (Å²) in [5.41, 5.74) is 6.13. The topological polar surface area (TPSA) is 82.0 Å². The molecule has 1 aromatic carbocycles. The standard InChI is InChI=1S/C9H5Cl2N3O2/c10-7-6(14(15)16)3-4-5(12)1-2-13-9(4)8(7)11/h1-3H,(H2,12,13). The van der Waals surface area contributed by atoms with Gasteiger partial charge in [0.1, 0.15) is 5.02 Å². The highest BCUT2D eigenvalue weighted by molar-refractivity contribution is 6.46. The van der Waals surface area contributed by atoms with Crippen molar-refractivity contribution in [3.63, 3.8) is 0 Å². The van der Waals surface area contributed by atoms with Crippen LogP contribution in [0.5, 0.6) is 0 Å². The van der Waals surface area contributed by atoms with E-state index in [-0.39, 0.29) is 15.7 Å². The van der Waals surface area contributed by atoms with E-state index in [2.05, 4.69) is 4.98 Å². The van der Waals surface area contributed by atoms with Crippen molar-refractivity contribution in [1.82, 2.24) is 4.98 Å². The number of nitrogens with two attached hydrogens (primary N) is 1. The number of nitro benzene ring substituents is 1. The van der Waals surface area contributed by atoms with Crippen LogP contribution in [0.4, 0.5) is 11.4 Å². The number of benzene rings is 1. The summed E-state index contributed by atoms with van der Waals surface area (Å²) in [7, 11) is 0. The molecule has 0 spiro atoms. The summed E-state index contributed by atoms with van der Waals surface area (Å²) in [6.45, 7) is 0. The predicted octanol–water partition coefficient (Wildman–Crippen LogP) is 3.03. The lowest BCUT2D eigenvalue weighted by Crippen LogP contribution is -1.94. The summed E-state index contributed by atoms with van der Waals surface area (Å²) in [5, 5.41) is 11.1. The Morgan fingerprint density at radius 2 is 2.06 bits per heavy atom. The first-order valence-electron chi connectivity index (χ1n) is 4.19. The van der Waals surface area contributed by atoms with Crippen LogP contribution in [0.2, 0.25) is 10.0 Å². The fraction of sp³-hybridized carbons (Fsp3) is 0. The highest BCUT2D eigenvalue weighted by Crippen LogP contribution is 2.38. The fourth-order valence-corrected chi connectivity index (χ4v) is 1.82. The molecule has 7 heteroatoms. The molecule has 0 saturated carbocycles. The Balaban J connectivity index is 2.94. The summed E-state index contributed by atoms with van der Waals surface area (Å²) < 4.78 is 0. The summed E-state index contributed by atoms with van der Waals surface area (Å²) >= 11 is 11.7. The highest BCUT2D eigenvalue weighted by atomic mass is 35.5. The molecule has 2 N–H and O–H groups in total. The average Bonchev–Trinajstić information content (AvgIpc) is 2.23. The number of pyridine rings is 1. The van der Waals surface area contributed by atoms with Crippen LogP contribution < -0.4 is 5.73 Å². The number of hydrogen-bond donors (Lipinski definition) is 1. The molecule has 0 bridgehead atoms. The molecule has 0 unspecified atom stereocenters. The van der Waals surface area contributed by atoms with E-state index in [0.29, 0.717) is 16.6 Å². The largest absolute Gasteiger partial charge is 0.398 e. The summed E-state index contributed by atoms with van der Waals surface area (Å²) in [4.78, 5) is 14.1. The van der Waals surface area contributed by atoms with E-state index in [1.165, 1.54) is 18.3 Å². The smallest absolute Gasteiger partial charge is 0.290 e. The summed E-state index contributed by atoms with van der Waals surface area (Å²) in [5.74, 6) is 0. The van der Waals surface area contributed by atoms with Gasteiger partial charge in [0.15, 0.2) is 0 Å². The molecule has 2 aromatic rings. The molecule has 0 aliphatic heterocycles. The van der Waals surface area contributed by atoms with Crippen molar-refractivity contribution in [3.05, 3.63) is 38.5 Å². The third-order valence-corrected chi connectivity index (χ3v) is 2.97. The monoisotopic (exact) mass is 257 g/mol. The van der Waals surface area contributed by atoms with E-state index in [4.69, 9.17) is 28.9 Å². The van der Waals surface area contributed by atoms with Gasteiger partial charge >= 0.3 is 0 Å². The Hall–Kier alpha value is -1.59. The van der Waals surface area contributed by atoms with Gasteiger partial charge in [0.25, 0.3) is 5.69 Å². The van der Waals surface area contributed by atoms with Gasteiger partial charge in [-0.1, -0.05) is 23.2 Å². The SMILES string of the molecule is Nc1ccnc2c(Cl)c(Cl)c([N+](=O)[O-])cc12. The average molecular weight is 258 g/mol. The van der Waals surface area contributed by atoms with Crippen molar-refractivity contribution in [3.8, 4) is 0 Å². The minimum absolute atomic E-state index is 0.0400. The lowest BCUT2D eigenvalue weighted by molar-refractivity contribution is -0.384. The molecule has 16 heavy (non-hydrogen) atoms. The van der Waals surface area contributed by atoms with Gasteiger partial charge in [0.2, 0.25) is 0 Å². The minimum Gasteiger partial charge on any atom is -0.398 e. The van der Waals surface area contributed by atoms with Crippen LogP contribution in [0.25, 0.3) is 10.9 Å². The number of nitrogens with zero attached hydrogens (tertiary/aromatic N) is 2. The highest BCUT2D eigenvalue weighted by Gasteiger charge is 2.20. The second-order valence-electron chi connectivity index (χ2n) is 3.08. The first kappa shape index (κ1) is 10.9. The zero-order chi connectivity index (χ0) is 11.9. The molecule has 0 saturated heterocycles. The maximum atomic E-state index is 10.7. The minimum atomic E-state index is -0.611. The van der Waals surface area contributed by atoms with Gasteiger partial charge < -0.3 is 5.73 Å². The third-order valence-electron chi connectivity index (χ3n) is 2.13. The number of hydrogen-bond acceptors (Lipinski definition) is 4. The maximum absolute atomic E-state index is 10.7. The maximum Gasteiger partial charge on any atom is 0.290 e. The predicted molar refractivity (Wildman–Crippen MR) is 62.8 cm³/mol. The van der Waals surface area contributed by atoms with E-state index in [1.54, 1.807) is 0 Å². The van der Waals surface area contributed by atoms with Gasteiger partial charge in [-0.2, -0.15) is 0 Å². The lowest BCUT2D eigenvalue weighted by atomic mass is 10.1. The van der Waals surface area contributed by atoms with Crippen molar-refractivity contribution >= 4 is 45.5 Å². The molecule has 1 aromatic heterocycles. The first-order chi connectivity index (χ1) is 7.52. The van der Waals surface area contributed by atoms with E-state index < -0.39 is 4.92 Å². The zero-order valence-corrected chi connectivity index (χ0v) is 9.29. The molecule has 2 rings (SSSR count). The molecular weight excluding hydrogens is 253 g/mol. The van der Waals surface area contributed by atoms with Crippen LogP contribution >= 0.6 is 23.2 Å². The molecule has 1 heterocycles. The van der Waals surface area contributed by atoms with Gasteiger partial charge in [-0.3, -0.25) is 15.1 Å². The Morgan fingerprint density at radius 1 is 1.38 bits per heavy atom. The molecule has 0 fully saturated rings. The second-order valence-corrected chi connectivity index (χ2v) is 3.83. The Kier molecular flexibility index (Phi) is 2.57. The Bertz CT molecular complexity index is 601. The number of aromatic nitrogens is 1. The van der Waals surface area contributed by atoms with Crippen LogP contribution in [-0.2, 0) is 0 Å².